The van der Waals surface area contributed by atoms with Crippen molar-refractivity contribution in [3.63, 3.8) is 0 Å². The van der Waals surface area contributed by atoms with E-state index in [1.807, 2.05) is 12.1 Å². The molecular weight excluding hydrogens is 476 g/mol. The molecule has 36 heavy (non-hydrogen) atoms. The Bertz CT molecular complexity index is 1210. The maximum Gasteiger partial charge on any atom is 0.179 e. The fourth-order valence-corrected chi connectivity index (χ4v) is 5.25. The van der Waals surface area contributed by atoms with Crippen molar-refractivity contribution in [1.82, 2.24) is 19.8 Å². The van der Waals surface area contributed by atoms with Crippen LogP contribution in [-0.2, 0) is 17.8 Å². The molecule has 2 aliphatic rings. The first kappa shape index (κ1) is 24.9. The molecule has 0 amide bonds. The minimum Gasteiger partial charge on any atom is -0.489 e. The van der Waals surface area contributed by atoms with Gasteiger partial charge in [0.25, 0.3) is 0 Å². The molecule has 1 saturated heterocycles. The number of aromatic nitrogens is 2. The number of nitrogens with one attached hydrogen (secondary N) is 1. The summed E-state index contributed by atoms with van der Waals surface area (Å²) in [7, 11) is 0. The van der Waals surface area contributed by atoms with Gasteiger partial charge in [-0.15, -0.1) is 0 Å². The van der Waals surface area contributed by atoms with Crippen LogP contribution in [-0.4, -0.2) is 65.3 Å². The summed E-state index contributed by atoms with van der Waals surface area (Å²) in [4.78, 5) is 12.5. The summed E-state index contributed by atoms with van der Waals surface area (Å²) in [5, 5.41) is 0.590. The molecule has 1 fully saturated rings. The number of halogens is 1. The summed E-state index contributed by atoms with van der Waals surface area (Å²) in [6, 6.07) is 10.3. The minimum atomic E-state index is -0.0771. The first-order valence-electron chi connectivity index (χ1n) is 12.7. The summed E-state index contributed by atoms with van der Waals surface area (Å²) in [5.74, 6) is 1.83. The lowest BCUT2D eigenvalue weighted by Gasteiger charge is -2.38. The highest BCUT2D eigenvalue weighted by atomic mass is 35.5. The zero-order valence-electron chi connectivity index (χ0n) is 21.1. The number of para-hydroxylation sites is 1. The van der Waals surface area contributed by atoms with Gasteiger partial charge in [0.1, 0.15) is 6.10 Å². The Labute approximate surface area is 218 Å². The van der Waals surface area contributed by atoms with Crippen LogP contribution in [0.1, 0.15) is 31.4 Å². The number of morpholine rings is 1. The molecule has 3 aromatic rings. The van der Waals surface area contributed by atoms with Crippen molar-refractivity contribution < 1.29 is 14.2 Å². The van der Waals surface area contributed by atoms with Crippen molar-refractivity contribution in [2.45, 2.75) is 39.5 Å². The molecule has 2 aromatic carbocycles. The largest absolute Gasteiger partial charge is 0.489 e. The fourth-order valence-electron chi connectivity index (χ4n) is 4.97. The molecule has 192 valence electrons. The highest BCUT2D eigenvalue weighted by molar-refractivity contribution is 6.32. The van der Waals surface area contributed by atoms with E-state index in [0.717, 1.165) is 60.6 Å². The van der Waals surface area contributed by atoms with Crippen molar-refractivity contribution in [1.29, 1.82) is 0 Å². The van der Waals surface area contributed by atoms with Gasteiger partial charge in [0.05, 0.1) is 42.2 Å². The number of hydrogen-bond donors (Lipinski definition) is 1. The molecule has 0 aliphatic carbocycles. The van der Waals surface area contributed by atoms with Gasteiger partial charge in [0, 0.05) is 44.8 Å². The van der Waals surface area contributed by atoms with Crippen LogP contribution in [0.2, 0.25) is 5.02 Å². The van der Waals surface area contributed by atoms with E-state index in [-0.39, 0.29) is 6.10 Å². The van der Waals surface area contributed by atoms with Crippen LogP contribution in [0.15, 0.2) is 48.9 Å². The van der Waals surface area contributed by atoms with Crippen LogP contribution < -0.4 is 9.47 Å². The Morgan fingerprint density at radius 2 is 2.11 bits per heavy atom. The van der Waals surface area contributed by atoms with Gasteiger partial charge in [0.15, 0.2) is 11.5 Å². The highest BCUT2D eigenvalue weighted by Crippen LogP contribution is 2.38. The van der Waals surface area contributed by atoms with E-state index >= 15 is 0 Å². The van der Waals surface area contributed by atoms with Crippen LogP contribution in [0.25, 0.3) is 11.0 Å². The normalized spacial score (nSPS) is 18.4. The van der Waals surface area contributed by atoms with Crippen molar-refractivity contribution in [3.05, 3.63) is 65.1 Å². The quantitative estimate of drug-likeness (QED) is 0.446. The Balaban J connectivity index is 1.30. The third kappa shape index (κ3) is 5.64. The summed E-state index contributed by atoms with van der Waals surface area (Å²) < 4.78 is 18.0. The van der Waals surface area contributed by atoms with Crippen molar-refractivity contribution in [2.24, 2.45) is 5.92 Å². The van der Waals surface area contributed by atoms with Gasteiger partial charge in [-0.05, 0) is 35.2 Å². The maximum atomic E-state index is 6.58. The van der Waals surface area contributed by atoms with Crippen LogP contribution in [0.4, 0.5) is 0 Å². The van der Waals surface area contributed by atoms with E-state index in [2.05, 4.69) is 58.4 Å². The van der Waals surface area contributed by atoms with Gasteiger partial charge >= 0.3 is 0 Å². The second-order valence-electron chi connectivity index (χ2n) is 10.0. The molecule has 1 aromatic heterocycles. The number of fused-ring (bicyclic) bond motifs is 2. The molecule has 7 nitrogen and oxygen atoms in total. The van der Waals surface area contributed by atoms with Gasteiger partial charge in [0.2, 0.25) is 0 Å². The van der Waals surface area contributed by atoms with E-state index < -0.39 is 0 Å². The number of nitrogens with zero attached hydrogens (tertiary/aromatic N) is 3. The van der Waals surface area contributed by atoms with Crippen molar-refractivity contribution >= 4 is 22.6 Å². The van der Waals surface area contributed by atoms with Crippen LogP contribution >= 0.6 is 11.6 Å². The van der Waals surface area contributed by atoms with Gasteiger partial charge in [-0.2, -0.15) is 0 Å². The Hall–Kier alpha value is -2.74. The molecule has 0 unspecified atom stereocenters. The van der Waals surface area contributed by atoms with E-state index in [1.165, 1.54) is 5.56 Å². The molecule has 8 heteroatoms. The lowest BCUT2D eigenvalue weighted by atomic mass is 10.1. The Kier molecular flexibility index (Phi) is 7.70. The number of hydrogen-bond acceptors (Lipinski definition) is 6. The van der Waals surface area contributed by atoms with E-state index in [4.69, 9.17) is 25.8 Å². The van der Waals surface area contributed by atoms with Crippen molar-refractivity contribution in [3.8, 4) is 11.5 Å². The molecule has 2 aliphatic heterocycles. The second kappa shape index (κ2) is 11.1. The highest BCUT2D eigenvalue weighted by Gasteiger charge is 2.27. The average Bonchev–Trinajstić information content (AvgIpc) is 3.22. The zero-order chi connectivity index (χ0) is 25.1. The predicted octanol–water partition coefficient (Wildman–Crippen LogP) is 5.25. The van der Waals surface area contributed by atoms with Gasteiger partial charge in [-0.1, -0.05) is 44.2 Å². The lowest BCUT2D eigenvalue weighted by Crippen LogP contribution is -2.46. The smallest absolute Gasteiger partial charge is 0.179 e. The summed E-state index contributed by atoms with van der Waals surface area (Å²) >= 11 is 6.58. The molecule has 3 heterocycles. The van der Waals surface area contributed by atoms with E-state index in [0.29, 0.717) is 43.1 Å². The van der Waals surface area contributed by atoms with Gasteiger partial charge < -0.3 is 24.1 Å². The summed E-state index contributed by atoms with van der Waals surface area (Å²) in [5.41, 5.74) is 5.39. The maximum absolute atomic E-state index is 6.58. The fraction of sp³-hybridized carbons (Fsp3) is 0.464. The number of ether oxygens (including phenoxy) is 3. The monoisotopic (exact) mass is 510 g/mol. The molecule has 5 rings (SSSR count). The SMILES string of the molecule is C=C([C@H]1CN(Cc2cccc3[nH]cnc23)CCO1)N(Cc1cc(Cl)c2c(c1)OCCCO2)CC(C)C. The molecule has 0 radical (unpaired) electrons. The molecular formula is C28H35ClN4O3. The van der Waals surface area contributed by atoms with Crippen LogP contribution in [0, 0.1) is 5.92 Å². The third-order valence-corrected chi connectivity index (χ3v) is 6.96. The van der Waals surface area contributed by atoms with Crippen LogP contribution in [0.3, 0.4) is 0 Å². The van der Waals surface area contributed by atoms with E-state index in [1.54, 1.807) is 6.33 Å². The Morgan fingerprint density at radius 3 is 2.97 bits per heavy atom. The first-order valence-corrected chi connectivity index (χ1v) is 13.1. The number of benzene rings is 2. The first-order chi connectivity index (χ1) is 17.5. The average molecular weight is 511 g/mol. The lowest BCUT2D eigenvalue weighted by molar-refractivity contribution is -0.0257. The molecule has 0 bridgehead atoms. The standard InChI is InChI=1S/C28H35ClN4O3/c1-19(2)14-33(15-21-12-23(29)28-25(13-21)34-9-5-10-36-28)20(3)26-17-32(8-11-35-26)16-22-6-4-7-24-27(22)31-18-30-24/h4,6-7,12-13,18-19,26H,3,5,8-11,14-17H2,1-2H3,(H,30,31)/t26-/m1/s1. The number of H-pyrrole nitrogens is 1. The summed E-state index contributed by atoms with van der Waals surface area (Å²) in [6.45, 7) is 14.9. The van der Waals surface area contributed by atoms with Gasteiger partial charge in [-0.3, -0.25) is 4.90 Å². The molecule has 1 atom stereocenters. The second-order valence-corrected chi connectivity index (χ2v) is 10.4. The number of rotatable bonds is 8. The minimum absolute atomic E-state index is 0.0771. The number of imidazole rings is 1. The van der Waals surface area contributed by atoms with E-state index in [9.17, 15) is 0 Å². The molecule has 1 N–H and O–H groups in total. The molecule has 0 spiro atoms. The third-order valence-electron chi connectivity index (χ3n) is 6.68. The topological polar surface area (TPSA) is 62.9 Å². The predicted molar refractivity (Wildman–Crippen MR) is 143 cm³/mol. The van der Waals surface area contributed by atoms with Crippen molar-refractivity contribution in [2.75, 3.05) is 39.5 Å². The number of aromatic amines is 1. The molecule has 0 saturated carbocycles. The van der Waals surface area contributed by atoms with Gasteiger partial charge in [-0.25, -0.2) is 4.98 Å². The Morgan fingerprint density at radius 1 is 1.25 bits per heavy atom. The zero-order valence-corrected chi connectivity index (χ0v) is 21.9. The van der Waals surface area contributed by atoms with Crippen LogP contribution in [0.5, 0.6) is 11.5 Å². The summed E-state index contributed by atoms with van der Waals surface area (Å²) in [6.07, 6.45) is 2.53.